The highest BCUT2D eigenvalue weighted by Gasteiger charge is 2.00. The normalized spacial score (nSPS) is 11.0. The van der Waals surface area contributed by atoms with Crippen molar-refractivity contribution < 1.29 is 4.79 Å². The molecule has 0 saturated carbocycles. The highest BCUT2D eigenvalue weighted by Crippen LogP contribution is 2.15. The van der Waals surface area contributed by atoms with Crippen LogP contribution in [0.5, 0.6) is 0 Å². The van der Waals surface area contributed by atoms with Gasteiger partial charge in [0.05, 0.1) is 22.9 Å². The minimum absolute atomic E-state index is 0.215. The van der Waals surface area contributed by atoms with Gasteiger partial charge in [0.25, 0.3) is 0 Å². The number of fused-ring (bicyclic) bond motifs is 1. The zero-order valence-electron chi connectivity index (χ0n) is 11.5. The molecule has 1 amide bonds. The Kier molecular flexibility index (Phi) is 4.25. The molecule has 0 aliphatic heterocycles. The Hall–Kier alpha value is -2.53. The fraction of sp³-hybridized carbons (Fsp3) is 0. The van der Waals surface area contributed by atoms with Crippen molar-refractivity contribution in [1.29, 1.82) is 0 Å². The zero-order chi connectivity index (χ0) is 15.4. The molecule has 1 aromatic heterocycles. The molecule has 0 aliphatic carbocycles. The van der Waals surface area contributed by atoms with Gasteiger partial charge in [-0.15, -0.1) is 0 Å². The minimum Gasteiger partial charge on any atom is -0.322 e. The molecule has 0 aliphatic rings. The van der Waals surface area contributed by atoms with E-state index >= 15 is 0 Å². The molecule has 22 heavy (non-hydrogen) atoms. The second-order valence-corrected chi connectivity index (χ2v) is 5.53. The summed E-state index contributed by atoms with van der Waals surface area (Å²) in [5, 5.41) is 2.79. The van der Waals surface area contributed by atoms with Crippen LogP contribution in [-0.4, -0.2) is 15.9 Å². The fourth-order valence-electron chi connectivity index (χ4n) is 1.96. The van der Waals surface area contributed by atoms with Gasteiger partial charge in [-0.25, -0.2) is 4.98 Å². The first kappa shape index (κ1) is 14.4. The Morgan fingerprint density at radius 3 is 2.73 bits per heavy atom. The topological polar surface area (TPSA) is 54.9 Å². The Morgan fingerprint density at radius 2 is 1.91 bits per heavy atom. The number of anilines is 1. The summed E-state index contributed by atoms with van der Waals surface area (Å²) in [5.74, 6) is -0.215. The largest absolute Gasteiger partial charge is 0.322 e. The quantitative estimate of drug-likeness (QED) is 0.722. The number of rotatable bonds is 3. The molecular weight excluding hydrogens is 342 g/mol. The van der Waals surface area contributed by atoms with Crippen LogP contribution in [0.3, 0.4) is 0 Å². The van der Waals surface area contributed by atoms with Crippen LogP contribution in [-0.2, 0) is 4.79 Å². The first-order chi connectivity index (χ1) is 10.7. The van der Waals surface area contributed by atoms with E-state index < -0.39 is 0 Å². The molecule has 3 rings (SSSR count). The van der Waals surface area contributed by atoms with Crippen LogP contribution in [0.1, 0.15) is 5.69 Å². The van der Waals surface area contributed by atoms with Gasteiger partial charge in [-0.1, -0.05) is 34.1 Å². The predicted octanol–water partition coefficient (Wildman–Crippen LogP) is 4.04. The van der Waals surface area contributed by atoms with Crippen molar-refractivity contribution in [1.82, 2.24) is 9.97 Å². The third-order valence-electron chi connectivity index (χ3n) is 2.96. The van der Waals surface area contributed by atoms with Crippen LogP contribution in [0.2, 0.25) is 0 Å². The van der Waals surface area contributed by atoms with Crippen LogP contribution in [0.15, 0.2) is 65.3 Å². The van der Waals surface area contributed by atoms with Gasteiger partial charge in [-0.3, -0.25) is 9.78 Å². The second-order valence-electron chi connectivity index (χ2n) is 4.62. The molecule has 108 valence electrons. The number of hydrogen-bond donors (Lipinski definition) is 1. The molecule has 0 spiro atoms. The first-order valence-electron chi connectivity index (χ1n) is 6.67. The Balaban J connectivity index is 1.73. The van der Waals surface area contributed by atoms with Crippen molar-refractivity contribution in [2.75, 3.05) is 5.32 Å². The number of aromatic nitrogens is 2. The van der Waals surface area contributed by atoms with Crippen molar-refractivity contribution in [3.8, 4) is 0 Å². The van der Waals surface area contributed by atoms with Gasteiger partial charge in [0, 0.05) is 16.2 Å². The van der Waals surface area contributed by atoms with Crippen molar-refractivity contribution in [3.05, 3.63) is 71.0 Å². The summed E-state index contributed by atoms with van der Waals surface area (Å²) < 4.78 is 0.912. The van der Waals surface area contributed by atoms with Gasteiger partial charge >= 0.3 is 0 Å². The highest BCUT2D eigenvalue weighted by atomic mass is 79.9. The molecule has 2 aromatic carbocycles. The smallest absolute Gasteiger partial charge is 0.248 e. The van der Waals surface area contributed by atoms with Crippen molar-refractivity contribution in [2.24, 2.45) is 0 Å². The number of benzene rings is 2. The van der Waals surface area contributed by atoms with Gasteiger partial charge in [0.1, 0.15) is 0 Å². The van der Waals surface area contributed by atoms with Gasteiger partial charge in [-0.05, 0) is 36.4 Å². The Bertz CT molecular complexity index is 861. The molecule has 0 atom stereocenters. The van der Waals surface area contributed by atoms with Crippen LogP contribution in [0, 0.1) is 0 Å². The molecule has 0 bridgehead atoms. The van der Waals surface area contributed by atoms with E-state index in [0.717, 1.165) is 21.2 Å². The van der Waals surface area contributed by atoms with Crippen LogP contribution < -0.4 is 5.32 Å². The number of halogens is 1. The van der Waals surface area contributed by atoms with E-state index in [0.29, 0.717) is 5.69 Å². The van der Waals surface area contributed by atoms with Crippen molar-refractivity contribution >= 4 is 44.6 Å². The number of nitrogens with zero attached hydrogens (tertiary/aromatic N) is 2. The maximum atomic E-state index is 11.9. The lowest BCUT2D eigenvalue weighted by molar-refractivity contribution is -0.111. The molecule has 3 aromatic rings. The zero-order valence-corrected chi connectivity index (χ0v) is 13.1. The maximum absolute atomic E-state index is 11.9. The highest BCUT2D eigenvalue weighted by molar-refractivity contribution is 9.10. The van der Waals surface area contributed by atoms with Gasteiger partial charge in [0.15, 0.2) is 0 Å². The monoisotopic (exact) mass is 353 g/mol. The van der Waals surface area contributed by atoms with E-state index in [1.807, 2.05) is 48.5 Å². The summed E-state index contributed by atoms with van der Waals surface area (Å²) in [7, 11) is 0. The Labute approximate surface area is 136 Å². The summed E-state index contributed by atoms with van der Waals surface area (Å²) in [4.78, 5) is 20.6. The van der Waals surface area contributed by atoms with E-state index in [9.17, 15) is 4.79 Å². The van der Waals surface area contributed by atoms with E-state index in [-0.39, 0.29) is 5.91 Å². The van der Waals surface area contributed by atoms with E-state index in [1.165, 1.54) is 6.08 Å². The lowest BCUT2D eigenvalue weighted by Crippen LogP contribution is -2.07. The van der Waals surface area contributed by atoms with Crippen molar-refractivity contribution in [2.45, 2.75) is 0 Å². The summed E-state index contributed by atoms with van der Waals surface area (Å²) >= 11 is 3.36. The maximum Gasteiger partial charge on any atom is 0.248 e. The van der Waals surface area contributed by atoms with Crippen molar-refractivity contribution in [3.63, 3.8) is 0 Å². The molecule has 0 radical (unpaired) electrons. The molecule has 0 saturated heterocycles. The summed E-state index contributed by atoms with van der Waals surface area (Å²) in [6, 6.07) is 15.0. The molecule has 1 N–H and O–H groups in total. The van der Waals surface area contributed by atoms with Crippen LogP contribution in [0.25, 0.3) is 17.1 Å². The third-order valence-corrected chi connectivity index (χ3v) is 3.46. The fourth-order valence-corrected chi connectivity index (χ4v) is 2.36. The number of para-hydroxylation sites is 2. The number of carbonyl (C=O) groups is 1. The number of hydrogen-bond acceptors (Lipinski definition) is 3. The van der Waals surface area contributed by atoms with E-state index in [1.54, 1.807) is 12.3 Å². The molecule has 0 unspecified atom stereocenters. The van der Waals surface area contributed by atoms with Gasteiger partial charge in [0.2, 0.25) is 5.91 Å². The molecule has 0 fully saturated rings. The summed E-state index contributed by atoms with van der Waals surface area (Å²) in [6.45, 7) is 0. The number of amides is 1. The third kappa shape index (κ3) is 3.56. The van der Waals surface area contributed by atoms with Gasteiger partial charge in [-0.2, -0.15) is 0 Å². The molecule has 1 heterocycles. The van der Waals surface area contributed by atoms with E-state index in [4.69, 9.17) is 0 Å². The SMILES string of the molecule is O=C(C=Cc1cnc2ccccc2n1)Nc1cccc(Br)c1. The minimum atomic E-state index is -0.215. The van der Waals surface area contributed by atoms with Crippen LogP contribution in [0.4, 0.5) is 5.69 Å². The average molecular weight is 354 g/mol. The summed E-state index contributed by atoms with van der Waals surface area (Å²) in [5.41, 5.74) is 3.01. The van der Waals surface area contributed by atoms with Gasteiger partial charge < -0.3 is 5.32 Å². The summed E-state index contributed by atoms with van der Waals surface area (Å²) in [6.07, 6.45) is 4.73. The number of nitrogens with one attached hydrogen (secondary N) is 1. The lowest BCUT2D eigenvalue weighted by Gasteiger charge is -2.02. The van der Waals surface area contributed by atoms with Crippen LogP contribution >= 0.6 is 15.9 Å². The standard InChI is InChI=1S/C17H12BrN3O/c18-12-4-3-5-13(10-12)21-17(22)9-8-14-11-19-15-6-1-2-7-16(15)20-14/h1-11H,(H,21,22). The Morgan fingerprint density at radius 1 is 1.09 bits per heavy atom. The molecular formula is C17H12BrN3O. The second kappa shape index (κ2) is 6.49. The average Bonchev–Trinajstić information content (AvgIpc) is 2.53. The van der Waals surface area contributed by atoms with E-state index in [2.05, 4.69) is 31.2 Å². The number of carbonyl (C=O) groups excluding carboxylic acids is 1. The molecule has 5 heteroatoms. The first-order valence-corrected chi connectivity index (χ1v) is 7.46. The molecule has 4 nitrogen and oxygen atoms in total. The predicted molar refractivity (Wildman–Crippen MR) is 91.3 cm³/mol. The lowest BCUT2D eigenvalue weighted by atomic mass is 10.3.